The Balaban J connectivity index is 1.71. The van der Waals surface area contributed by atoms with E-state index in [9.17, 15) is 28.8 Å². The van der Waals surface area contributed by atoms with Crippen LogP contribution >= 0.6 is 0 Å². The van der Waals surface area contributed by atoms with Crippen molar-refractivity contribution >= 4 is 41.6 Å². The number of ether oxygens (including phenoxy) is 9. The van der Waals surface area contributed by atoms with Gasteiger partial charge in [-0.05, 0) is 18.4 Å². The Hall–Kier alpha value is -4.35. The average molecular weight is 775 g/mol. The maximum atomic E-state index is 15.0. The van der Waals surface area contributed by atoms with Gasteiger partial charge >= 0.3 is 35.8 Å². The Kier molecular flexibility index (Phi) is 8.37. The van der Waals surface area contributed by atoms with Crippen LogP contribution in [0.4, 0.5) is 0 Å². The molecule has 1 aromatic heterocycles. The minimum absolute atomic E-state index is 0.0872. The van der Waals surface area contributed by atoms with Crippen LogP contribution in [0.1, 0.15) is 91.4 Å². The second kappa shape index (κ2) is 11.8. The van der Waals surface area contributed by atoms with Gasteiger partial charge in [-0.1, -0.05) is 20.8 Å². The average Bonchev–Trinajstić information content (AvgIpc) is 3.79. The lowest BCUT2D eigenvalue weighted by atomic mass is 9.33. The summed E-state index contributed by atoms with van der Waals surface area (Å²) >= 11 is 0. The molecule has 6 aliphatic rings. The molecule has 17 nitrogen and oxygen atoms in total. The number of rotatable bonds is 10. The molecule has 2 saturated heterocycles. The first-order chi connectivity index (χ1) is 25.6. The summed E-state index contributed by atoms with van der Waals surface area (Å²) in [6.45, 7) is 11.0. The number of carbonyl (C=O) groups excluding carboxylic acids is 7. The molecule has 4 aliphatic carbocycles. The summed E-state index contributed by atoms with van der Waals surface area (Å²) in [5.74, 6) is -10.1. The number of carbonyl (C=O) groups is 7. The van der Waals surface area contributed by atoms with E-state index >= 15 is 4.79 Å². The highest BCUT2D eigenvalue weighted by atomic mass is 16.9. The second-order valence-corrected chi connectivity index (χ2v) is 16.5. The lowest BCUT2D eigenvalue weighted by Gasteiger charge is -2.77. The molecule has 7 rings (SSSR count). The largest absolute Gasteiger partial charge is 0.472 e. The van der Waals surface area contributed by atoms with Gasteiger partial charge in [0.25, 0.3) is 5.97 Å². The Morgan fingerprint density at radius 1 is 0.745 bits per heavy atom. The van der Waals surface area contributed by atoms with Crippen molar-refractivity contribution < 1.29 is 80.6 Å². The summed E-state index contributed by atoms with van der Waals surface area (Å²) < 4.78 is 62.3. The molecule has 1 aromatic rings. The molecule has 300 valence electrons. The van der Waals surface area contributed by atoms with Gasteiger partial charge in [0.1, 0.15) is 18.0 Å². The van der Waals surface area contributed by atoms with Crippen molar-refractivity contribution in [2.24, 2.45) is 28.1 Å². The lowest BCUT2D eigenvalue weighted by Crippen LogP contribution is -2.96. The molecule has 13 atom stereocenters. The fourth-order valence-electron chi connectivity index (χ4n) is 12.7. The van der Waals surface area contributed by atoms with Crippen molar-refractivity contribution in [2.75, 3.05) is 14.2 Å². The van der Waals surface area contributed by atoms with Crippen LogP contribution in [0.3, 0.4) is 0 Å². The monoisotopic (exact) mass is 774 g/mol. The smallest absolute Gasteiger partial charge is 0.305 e. The summed E-state index contributed by atoms with van der Waals surface area (Å²) in [5, 5.41) is 0. The zero-order valence-corrected chi connectivity index (χ0v) is 32.4. The lowest BCUT2D eigenvalue weighted by molar-refractivity contribution is -0.485. The number of methoxy groups -OCH3 is 2. The molecule has 55 heavy (non-hydrogen) atoms. The predicted molar refractivity (Wildman–Crippen MR) is 178 cm³/mol. The number of fused-ring (bicyclic) bond motifs is 2. The van der Waals surface area contributed by atoms with Crippen molar-refractivity contribution in [3.05, 3.63) is 24.2 Å². The topological polar surface area (TPSA) is 216 Å². The molecule has 0 radical (unpaired) electrons. The molecule has 1 unspecified atom stereocenters. The predicted octanol–water partition coefficient (Wildman–Crippen LogP) is 2.74. The van der Waals surface area contributed by atoms with E-state index in [0.717, 1.165) is 27.9 Å². The number of furan rings is 1. The number of ketones is 1. The molecule has 0 aromatic carbocycles. The SMILES string of the molecule is COC(=O)C[C@H]1[C@]2(C)C[C@]34OC5(C)O[C@@]6([C@H](OC(C)=O)[C@@]3(OC(C)=O)[C@H]2OC(C)=O)[C@H](CC(=O)OC)[C@](C)(C(=O)c2ccoc2)C[C@@H](OC(C)=O)[C@]6(O5)[C@]14C. The van der Waals surface area contributed by atoms with Gasteiger partial charge in [0.05, 0.1) is 32.5 Å². The van der Waals surface area contributed by atoms with Crippen LogP contribution in [-0.4, -0.2) is 103 Å². The van der Waals surface area contributed by atoms with Crippen molar-refractivity contribution in [1.29, 1.82) is 0 Å². The van der Waals surface area contributed by atoms with Crippen LogP contribution in [0.2, 0.25) is 0 Å². The highest BCUT2D eigenvalue weighted by Crippen LogP contribution is 2.90. The van der Waals surface area contributed by atoms with E-state index in [1.54, 1.807) is 20.8 Å². The fraction of sp³-hybridized carbons (Fsp3) is 0.711. The van der Waals surface area contributed by atoms with Gasteiger partial charge in [-0.25, -0.2) is 0 Å². The molecule has 0 N–H and O–H groups in total. The number of hydrogen-bond donors (Lipinski definition) is 0. The first-order valence-electron chi connectivity index (χ1n) is 18.1. The van der Waals surface area contributed by atoms with Crippen molar-refractivity contribution in [2.45, 2.75) is 128 Å². The Labute approximate surface area is 316 Å². The number of esters is 6. The zero-order valence-electron chi connectivity index (χ0n) is 32.4. The molecule has 6 fully saturated rings. The zero-order chi connectivity index (χ0) is 40.5. The second-order valence-electron chi connectivity index (χ2n) is 16.5. The first-order valence-corrected chi connectivity index (χ1v) is 18.1. The van der Waals surface area contributed by atoms with Gasteiger partial charge in [-0.2, -0.15) is 0 Å². The van der Waals surface area contributed by atoms with Crippen molar-refractivity contribution in [3.63, 3.8) is 0 Å². The summed E-state index contributed by atoms with van der Waals surface area (Å²) in [7, 11) is 2.36. The number of hydrogen-bond acceptors (Lipinski definition) is 17. The van der Waals surface area contributed by atoms with Gasteiger partial charge in [-0.15, -0.1) is 0 Å². The molecule has 4 saturated carbocycles. The van der Waals surface area contributed by atoms with E-state index in [-0.39, 0.29) is 24.8 Å². The van der Waals surface area contributed by atoms with Crippen LogP contribution in [0.5, 0.6) is 0 Å². The molecule has 2 spiro atoms. The van der Waals surface area contributed by atoms with E-state index in [1.165, 1.54) is 39.5 Å². The standard InChI is InChI=1S/C38H46O17/c1-18(39)49-25-15-31(5,28(45)22-11-12-48-16-22)24(14-27(44)47-10)36-30(51-20(3)41)37(52-21(4)42)29(50-19(2)40)32(6)17-35(37)33(7,23(32)13-26(43)46-9)38(25,36)55-34(8,53-35)54-36/h11-12,16,23-25,29-30H,13-15,17H2,1-10H3/t23-,24+,25+,29-,30-,31+,32-,33+,34?,35+,36+,37-,38-/m0/s1. The van der Waals surface area contributed by atoms with Crippen LogP contribution in [0, 0.1) is 28.1 Å². The summed E-state index contributed by atoms with van der Waals surface area (Å²) in [6, 6.07) is 1.43. The van der Waals surface area contributed by atoms with Crippen LogP contribution in [-0.2, 0) is 71.4 Å². The fourth-order valence-corrected chi connectivity index (χ4v) is 12.7. The van der Waals surface area contributed by atoms with E-state index in [2.05, 4.69) is 0 Å². The van der Waals surface area contributed by atoms with Gasteiger partial charge in [-0.3, -0.25) is 33.6 Å². The molecule has 17 heteroatoms. The van der Waals surface area contributed by atoms with Gasteiger partial charge in [0.2, 0.25) is 5.60 Å². The van der Waals surface area contributed by atoms with Crippen LogP contribution < -0.4 is 0 Å². The van der Waals surface area contributed by atoms with E-state index in [0.29, 0.717) is 0 Å². The maximum absolute atomic E-state index is 15.0. The Morgan fingerprint density at radius 3 is 1.85 bits per heavy atom. The normalized spacial score (nSPS) is 45.2. The molecule has 2 aliphatic heterocycles. The van der Waals surface area contributed by atoms with Crippen LogP contribution in [0.25, 0.3) is 0 Å². The molecule has 4 bridgehead atoms. The van der Waals surface area contributed by atoms with Crippen LogP contribution in [0.15, 0.2) is 23.0 Å². The van der Waals surface area contributed by atoms with Gasteiger partial charge < -0.3 is 47.0 Å². The first kappa shape index (κ1) is 38.9. The van der Waals surface area contributed by atoms with E-state index in [1.807, 2.05) is 0 Å². The summed E-state index contributed by atoms with van der Waals surface area (Å²) in [5.41, 5.74) is -13.4. The summed E-state index contributed by atoms with van der Waals surface area (Å²) in [4.78, 5) is 96.1. The van der Waals surface area contributed by atoms with Crippen molar-refractivity contribution in [3.8, 4) is 0 Å². The van der Waals surface area contributed by atoms with Crippen molar-refractivity contribution in [1.82, 2.24) is 0 Å². The molecule has 3 heterocycles. The minimum atomic E-state index is -2.36. The highest BCUT2D eigenvalue weighted by Gasteiger charge is 3.06. The minimum Gasteiger partial charge on any atom is -0.472 e. The molecule has 0 amide bonds. The quantitative estimate of drug-likeness (QED) is 0.190. The maximum Gasteiger partial charge on any atom is 0.305 e. The summed E-state index contributed by atoms with van der Waals surface area (Å²) in [6.07, 6.45) is -3.72. The van der Waals surface area contributed by atoms with E-state index < -0.39 is 123 Å². The molecular formula is C38H46O17. The Bertz CT molecular complexity index is 1890. The third-order valence-electron chi connectivity index (χ3n) is 13.8. The third-order valence-corrected chi connectivity index (χ3v) is 13.8. The van der Waals surface area contributed by atoms with Gasteiger partial charge in [0.15, 0.2) is 29.2 Å². The Morgan fingerprint density at radius 2 is 1.33 bits per heavy atom. The number of Topliss-reactive ketones (excluding diaryl/α,β-unsaturated/α-hetero) is 1. The van der Waals surface area contributed by atoms with Gasteiger partial charge in [0, 0.05) is 69.6 Å². The van der Waals surface area contributed by atoms with E-state index in [4.69, 9.17) is 47.0 Å². The third kappa shape index (κ3) is 4.37. The molecular weight excluding hydrogens is 728 g/mol. The highest BCUT2D eigenvalue weighted by molar-refractivity contribution is 6.01.